The van der Waals surface area contributed by atoms with Crippen LogP contribution < -0.4 is 21.3 Å². The highest BCUT2D eigenvalue weighted by Crippen LogP contribution is 2.31. The molecule has 0 spiro atoms. The number of nitrogen functional groups attached to an aromatic ring is 1. The van der Waals surface area contributed by atoms with Crippen LogP contribution in [0.3, 0.4) is 0 Å². The third-order valence-corrected chi connectivity index (χ3v) is 14.5. The molecule has 406 valence electrons. The van der Waals surface area contributed by atoms with Gasteiger partial charge in [0.05, 0.1) is 92.1 Å². The van der Waals surface area contributed by atoms with Gasteiger partial charge >= 0.3 is 0 Å². The lowest BCUT2D eigenvalue weighted by molar-refractivity contribution is -0.144. The third-order valence-electron chi connectivity index (χ3n) is 13.5. The largest absolute Gasteiger partial charge is 0.391 e. The van der Waals surface area contributed by atoms with Crippen LogP contribution in [0.4, 0.5) is 15.9 Å². The maximum Gasteiger partial charge on any atom is 0.246 e. The molecule has 2 aliphatic rings. The second-order valence-electron chi connectivity index (χ2n) is 20.1. The van der Waals surface area contributed by atoms with E-state index in [1.165, 1.54) is 4.90 Å². The van der Waals surface area contributed by atoms with E-state index in [-0.39, 0.29) is 56.8 Å². The van der Waals surface area contributed by atoms with Gasteiger partial charge in [0.15, 0.2) is 5.65 Å². The molecule has 5 N–H and O–H groups in total. The first-order chi connectivity index (χ1) is 36.6. The van der Waals surface area contributed by atoms with E-state index in [1.54, 1.807) is 29.7 Å². The Morgan fingerprint density at radius 3 is 2.20 bits per heavy atom. The number of aliphatic hydroxyl groups is 1. The summed E-state index contributed by atoms with van der Waals surface area (Å²) in [5, 5.41) is 16.4. The number of β-amino-alcohol motifs (C(OH)–C–C–N with tert-alkyl or cyclic N) is 1. The highest BCUT2D eigenvalue weighted by molar-refractivity contribution is 7.13. The van der Waals surface area contributed by atoms with Gasteiger partial charge in [0, 0.05) is 76.5 Å². The number of likely N-dealkylation sites (tertiary alicyclic amines) is 1. The fourth-order valence-electron chi connectivity index (χ4n) is 9.39. The molecule has 0 bridgehead atoms. The van der Waals surface area contributed by atoms with E-state index in [4.69, 9.17) is 29.7 Å². The van der Waals surface area contributed by atoms with Crippen molar-refractivity contribution >= 4 is 51.7 Å². The molecule has 3 amide bonds. The average molecular weight is 1060 g/mol. The molecule has 0 unspecified atom stereocenters. The molecule has 8 rings (SSSR count). The number of benzene rings is 2. The minimum atomic E-state index is -0.931. The summed E-state index contributed by atoms with van der Waals surface area (Å²) in [7, 11) is 0. The number of anilines is 2. The number of nitrogens with zero attached hydrogens (tertiary/aromatic N) is 8. The Kier molecular flexibility index (Phi) is 19.1. The molecule has 6 aromatic rings. The number of halogens is 1. The number of aromatic nitrogens is 5. The zero-order valence-corrected chi connectivity index (χ0v) is 44.8. The smallest absolute Gasteiger partial charge is 0.246 e. The number of pyridine rings is 2. The maximum absolute atomic E-state index is 15.8. The van der Waals surface area contributed by atoms with Gasteiger partial charge < -0.3 is 50.2 Å². The van der Waals surface area contributed by atoms with Crippen LogP contribution in [0.1, 0.15) is 50.7 Å². The minimum absolute atomic E-state index is 0.00624. The summed E-state index contributed by atoms with van der Waals surface area (Å²) in [5.41, 5.74) is 14.1. The first-order valence-electron chi connectivity index (χ1n) is 25.8. The second-order valence-corrected chi connectivity index (χ2v) is 21.0. The maximum atomic E-state index is 15.8. The summed E-state index contributed by atoms with van der Waals surface area (Å²) >= 11 is 1.57. The summed E-state index contributed by atoms with van der Waals surface area (Å²) in [5.74, 6) is -0.339. The zero-order chi connectivity index (χ0) is 53.8. The van der Waals surface area contributed by atoms with Gasteiger partial charge in [-0.1, -0.05) is 45.0 Å². The highest BCUT2D eigenvalue weighted by Gasteiger charge is 2.44. The number of piperazine rings is 1. The van der Waals surface area contributed by atoms with Crippen LogP contribution in [0.15, 0.2) is 78.4 Å². The van der Waals surface area contributed by atoms with Crippen LogP contribution in [0, 0.1) is 25.1 Å². The summed E-state index contributed by atoms with van der Waals surface area (Å²) < 4.78 is 40.3. The number of carbonyl (C=O) groups is 3. The Labute approximate surface area is 446 Å². The molecule has 0 aliphatic carbocycles. The molecule has 19 nitrogen and oxygen atoms in total. The highest BCUT2D eigenvalue weighted by atomic mass is 32.1. The van der Waals surface area contributed by atoms with Crippen molar-refractivity contribution in [1.82, 2.24) is 44.9 Å². The molecule has 2 fully saturated rings. The molecule has 21 heteroatoms. The van der Waals surface area contributed by atoms with Gasteiger partial charge in [-0.25, -0.2) is 24.3 Å². The Hall–Kier alpha value is -6.46. The molecular weight excluding hydrogens is 994 g/mol. The fraction of sp³-hybridized carbons (Fsp3) is 0.473. The van der Waals surface area contributed by atoms with Crippen molar-refractivity contribution in [3.63, 3.8) is 0 Å². The van der Waals surface area contributed by atoms with Crippen LogP contribution in [0.2, 0.25) is 0 Å². The van der Waals surface area contributed by atoms with Crippen molar-refractivity contribution in [2.24, 2.45) is 5.41 Å². The molecular formula is C55H70FN11O8S. The predicted octanol–water partition coefficient (Wildman–Crippen LogP) is 5.33. The lowest BCUT2D eigenvalue weighted by atomic mass is 9.85. The molecule has 2 saturated heterocycles. The minimum Gasteiger partial charge on any atom is -0.391 e. The molecule has 4 aromatic heterocycles. The normalized spacial score (nSPS) is 16.6. The monoisotopic (exact) mass is 1060 g/mol. The lowest BCUT2D eigenvalue weighted by Crippen LogP contribution is -2.57. The van der Waals surface area contributed by atoms with Crippen LogP contribution in [-0.2, 0) is 39.9 Å². The number of ether oxygens (including phenoxy) is 4. The Morgan fingerprint density at radius 2 is 1.54 bits per heavy atom. The van der Waals surface area contributed by atoms with E-state index < -0.39 is 29.5 Å². The molecule has 3 atom stereocenters. The van der Waals surface area contributed by atoms with E-state index in [1.807, 2.05) is 99.3 Å². The van der Waals surface area contributed by atoms with Crippen molar-refractivity contribution in [1.29, 1.82) is 0 Å². The number of hydrogen-bond acceptors (Lipinski definition) is 16. The number of hydrogen-bond donors (Lipinski definition) is 4. The second kappa shape index (κ2) is 26.1. The predicted molar refractivity (Wildman–Crippen MR) is 289 cm³/mol. The van der Waals surface area contributed by atoms with Gasteiger partial charge in [0.2, 0.25) is 17.7 Å². The molecule has 2 aromatic carbocycles. The van der Waals surface area contributed by atoms with E-state index in [2.05, 4.69) is 35.4 Å². The molecule has 76 heavy (non-hydrogen) atoms. The molecule has 0 radical (unpaired) electrons. The third kappa shape index (κ3) is 14.5. The van der Waals surface area contributed by atoms with Crippen molar-refractivity contribution in [3.8, 4) is 27.4 Å². The summed E-state index contributed by atoms with van der Waals surface area (Å²) in [6, 6.07) is 18.8. The Morgan fingerprint density at radius 1 is 0.842 bits per heavy atom. The van der Waals surface area contributed by atoms with Crippen LogP contribution >= 0.6 is 11.3 Å². The van der Waals surface area contributed by atoms with Crippen molar-refractivity contribution in [3.05, 3.63) is 101 Å². The number of imidazole rings is 1. The van der Waals surface area contributed by atoms with Crippen molar-refractivity contribution < 1.29 is 42.8 Å². The molecule has 0 saturated carbocycles. The number of thiazole rings is 1. The average Bonchev–Trinajstić information content (AvgIpc) is 4.17. The molecule has 6 heterocycles. The van der Waals surface area contributed by atoms with E-state index in [0.717, 1.165) is 52.6 Å². The number of amides is 3. The number of rotatable bonds is 24. The van der Waals surface area contributed by atoms with Crippen LogP contribution in [0.25, 0.3) is 38.5 Å². The Balaban J connectivity index is 0.654. The quantitative estimate of drug-likeness (QED) is 0.0563. The SMILES string of the molecule is Cc1ncsc1-c1ccc(CNC(=O)[C@@H]2C[C@@H](O)CN2C(=O)[C@@H](NC(=O)CCOCCOCCOCCOCCN2CCN(c3ccc(-n4c(C)nc5ccc(-c6ccnc(N)c6)nc54)cc3F)CC2)C(C)(C)C)cc1. The number of aryl methyl sites for hydroxylation is 2. The van der Waals surface area contributed by atoms with E-state index in [0.29, 0.717) is 86.9 Å². The van der Waals surface area contributed by atoms with Gasteiger partial charge in [-0.05, 0) is 66.8 Å². The van der Waals surface area contributed by atoms with Crippen molar-refractivity contribution in [2.45, 2.75) is 72.2 Å². The fourth-order valence-corrected chi connectivity index (χ4v) is 10.2. The van der Waals surface area contributed by atoms with Gasteiger partial charge in [0.25, 0.3) is 0 Å². The number of fused-ring (bicyclic) bond motifs is 1. The standard InChI is InChI=1S/C55H70FN11O8S/c1-36-50(76-35-60-36)39-8-6-38(7-9-39)33-59-53(70)47-32-42(68)34-66(47)54(71)51(55(3,4)5)63-49(69)15-22-72-24-26-74-28-29-75-27-25-73-23-21-64-17-19-65(20-18-64)46-13-10-41(31-43(46)56)67-37(2)61-45-12-11-44(62-52(45)67)40-14-16-58-48(57)30-40/h6-14,16,30-31,35,42,47,51,68H,15,17-29,32-34H2,1-5H3,(H2,57,58)(H,59,70)(H,63,69)/t42-,47+,51-/m1/s1. The number of nitrogens with two attached hydrogens (primary N) is 1. The Bertz CT molecular complexity index is 2910. The molecule has 2 aliphatic heterocycles. The van der Waals surface area contributed by atoms with Gasteiger partial charge in [-0.3, -0.25) is 23.9 Å². The van der Waals surface area contributed by atoms with E-state index >= 15 is 4.39 Å². The lowest BCUT2D eigenvalue weighted by Gasteiger charge is -2.36. The number of aliphatic hydroxyl groups excluding tert-OH is 1. The van der Waals surface area contributed by atoms with Gasteiger partial charge in [0.1, 0.15) is 35.1 Å². The van der Waals surface area contributed by atoms with Crippen molar-refractivity contribution in [2.75, 3.05) is 103 Å². The van der Waals surface area contributed by atoms with E-state index in [9.17, 15) is 19.5 Å². The van der Waals surface area contributed by atoms with Crippen LogP contribution in [-0.4, -0.2) is 167 Å². The van der Waals surface area contributed by atoms with Gasteiger partial charge in [-0.15, -0.1) is 11.3 Å². The van der Waals surface area contributed by atoms with Gasteiger partial charge in [-0.2, -0.15) is 0 Å². The first-order valence-corrected chi connectivity index (χ1v) is 26.7. The summed E-state index contributed by atoms with van der Waals surface area (Å²) in [4.78, 5) is 65.3. The number of nitrogens with one attached hydrogen (secondary N) is 2. The zero-order valence-electron chi connectivity index (χ0n) is 44.0. The summed E-state index contributed by atoms with van der Waals surface area (Å²) in [6.07, 6.45) is 0.911. The van der Waals surface area contributed by atoms with Crippen LogP contribution in [0.5, 0.6) is 0 Å². The number of carbonyl (C=O) groups excluding carboxylic acids is 3. The summed E-state index contributed by atoms with van der Waals surface area (Å²) in [6.45, 7) is 16.3. The first kappa shape index (κ1) is 55.8. The topological polar surface area (TPSA) is 225 Å².